The number of aldehydes is 1. The summed E-state index contributed by atoms with van der Waals surface area (Å²) in [6.07, 6.45) is 5.78. The highest BCUT2D eigenvalue weighted by atomic mass is 35.5. The van der Waals surface area contributed by atoms with E-state index in [1.165, 1.54) is 0 Å². The molecule has 8 rings (SSSR count). The second-order valence-electron chi connectivity index (χ2n) is 18.4. The van der Waals surface area contributed by atoms with Gasteiger partial charge in [-0.3, -0.25) is 44.0 Å². The number of benzene rings is 3. The summed E-state index contributed by atoms with van der Waals surface area (Å²) in [5.74, 6) is 5.95. The third-order valence-electron chi connectivity index (χ3n) is 13.6. The number of ether oxygens (including phenoxy) is 1. The fourth-order valence-electron chi connectivity index (χ4n) is 11.3. The van der Waals surface area contributed by atoms with Crippen molar-refractivity contribution in [2.45, 2.75) is 110 Å². The number of carbonyl (C=O) groups is 5. The lowest BCUT2D eigenvalue weighted by molar-refractivity contribution is -0.206. The summed E-state index contributed by atoms with van der Waals surface area (Å²) in [5.41, 5.74) is 5.21. The van der Waals surface area contributed by atoms with E-state index < -0.39 is 29.7 Å². The molecule has 0 radical (unpaired) electrons. The first-order chi connectivity index (χ1) is 28.6. The van der Waals surface area contributed by atoms with Crippen LogP contribution in [0.4, 0.5) is 0 Å². The van der Waals surface area contributed by atoms with Crippen molar-refractivity contribution >= 4 is 41.5 Å². The molecule has 0 spiro atoms. The van der Waals surface area contributed by atoms with Crippen LogP contribution in [-0.2, 0) is 29.1 Å². The summed E-state index contributed by atoms with van der Waals surface area (Å²) >= 11 is 6.31. The van der Waals surface area contributed by atoms with Crippen molar-refractivity contribution in [1.82, 2.24) is 20.0 Å². The number of imide groups is 2. The molecule has 2 saturated carbocycles. The van der Waals surface area contributed by atoms with E-state index in [1.807, 2.05) is 24.3 Å². The number of carbonyl (C=O) groups excluding carboxylic acids is 5. The van der Waals surface area contributed by atoms with Crippen LogP contribution in [0.5, 0.6) is 5.75 Å². The summed E-state index contributed by atoms with van der Waals surface area (Å²) < 4.78 is 6.51. The Morgan fingerprint density at radius 3 is 2.27 bits per heavy atom. The van der Waals surface area contributed by atoms with Gasteiger partial charge in [0, 0.05) is 72.1 Å². The van der Waals surface area contributed by atoms with Gasteiger partial charge >= 0.3 is 0 Å². The molecule has 3 aromatic carbocycles. The van der Waals surface area contributed by atoms with Crippen LogP contribution in [0.1, 0.15) is 125 Å². The number of amides is 4. The smallest absolute Gasteiger partial charge is 0.262 e. The Balaban J connectivity index is 0.878. The Morgan fingerprint density at radius 2 is 1.62 bits per heavy atom. The molecule has 1 saturated heterocycles. The SMILES string of the molecule is CN(Cc1cc(C#CC2CCC(N3CCc4cc5c(cc4C3)C(=O)N(C3CCC(=O)NC3=O)C5=O)CC2)ccc1C=O)[C@H]1C(C)(C)[C@H](Oc2ccc(C#N)c(Cl)c2)C1(C)C. The van der Waals surface area contributed by atoms with E-state index in [9.17, 15) is 29.2 Å². The number of halogens is 1. The number of piperidine rings is 1. The van der Waals surface area contributed by atoms with E-state index in [1.54, 1.807) is 18.2 Å². The number of fused-ring (bicyclic) bond motifs is 2. The van der Waals surface area contributed by atoms with Crippen LogP contribution >= 0.6 is 11.6 Å². The molecule has 60 heavy (non-hydrogen) atoms. The van der Waals surface area contributed by atoms with Crippen LogP contribution in [0, 0.1) is 39.9 Å². The maximum Gasteiger partial charge on any atom is 0.262 e. The molecular weight excluding hydrogens is 778 g/mol. The molecule has 1 unspecified atom stereocenters. The van der Waals surface area contributed by atoms with E-state index in [0.29, 0.717) is 52.2 Å². The second kappa shape index (κ2) is 15.9. The Kier molecular flexibility index (Phi) is 11.0. The minimum absolute atomic E-state index is 0.0908. The lowest BCUT2D eigenvalue weighted by Gasteiger charge is -2.65. The van der Waals surface area contributed by atoms with Gasteiger partial charge in [-0.15, -0.1) is 0 Å². The molecule has 3 heterocycles. The average molecular weight is 828 g/mol. The predicted octanol–water partition coefficient (Wildman–Crippen LogP) is 6.71. The zero-order valence-electron chi connectivity index (χ0n) is 34.8. The van der Waals surface area contributed by atoms with Crippen molar-refractivity contribution < 1.29 is 28.7 Å². The Labute approximate surface area is 356 Å². The molecule has 1 atom stereocenters. The van der Waals surface area contributed by atoms with Crippen molar-refractivity contribution in [3.8, 4) is 23.7 Å². The van der Waals surface area contributed by atoms with Gasteiger partial charge in [0.05, 0.1) is 21.7 Å². The van der Waals surface area contributed by atoms with Gasteiger partial charge in [-0.25, -0.2) is 0 Å². The van der Waals surface area contributed by atoms with Crippen LogP contribution in [0.15, 0.2) is 48.5 Å². The molecule has 3 aliphatic heterocycles. The van der Waals surface area contributed by atoms with Crippen LogP contribution in [0.2, 0.25) is 5.02 Å². The van der Waals surface area contributed by atoms with Crippen LogP contribution in [0.3, 0.4) is 0 Å². The maximum absolute atomic E-state index is 13.5. The fourth-order valence-corrected chi connectivity index (χ4v) is 11.5. The van der Waals surface area contributed by atoms with Crippen molar-refractivity contribution in [3.63, 3.8) is 0 Å². The molecule has 4 amide bonds. The number of nitrogens with zero attached hydrogens (tertiary/aromatic N) is 4. The molecule has 5 aliphatic rings. The van der Waals surface area contributed by atoms with Gasteiger partial charge in [0.2, 0.25) is 11.8 Å². The van der Waals surface area contributed by atoms with E-state index in [4.69, 9.17) is 16.3 Å². The zero-order chi connectivity index (χ0) is 42.7. The Hall–Kier alpha value is -5.33. The number of nitriles is 1. The van der Waals surface area contributed by atoms with E-state index in [0.717, 1.165) is 72.1 Å². The average Bonchev–Trinajstić information content (AvgIpc) is 3.45. The van der Waals surface area contributed by atoms with E-state index >= 15 is 0 Å². The maximum atomic E-state index is 13.5. The van der Waals surface area contributed by atoms with Crippen molar-refractivity contribution in [2.24, 2.45) is 16.7 Å². The summed E-state index contributed by atoms with van der Waals surface area (Å²) in [5, 5.41) is 11.9. The largest absolute Gasteiger partial charge is 0.489 e. The van der Waals surface area contributed by atoms with Gasteiger partial charge in [-0.2, -0.15) is 5.26 Å². The summed E-state index contributed by atoms with van der Waals surface area (Å²) in [4.78, 5) is 69.0. The fraction of sp³-hybridized carbons (Fsp3) is 0.458. The molecule has 0 aromatic heterocycles. The monoisotopic (exact) mass is 827 g/mol. The highest BCUT2D eigenvalue weighted by Gasteiger charge is 2.64. The molecule has 310 valence electrons. The Morgan fingerprint density at radius 1 is 0.917 bits per heavy atom. The van der Waals surface area contributed by atoms with Gasteiger partial charge in [0.15, 0.2) is 0 Å². The Bertz CT molecular complexity index is 2400. The quantitative estimate of drug-likeness (QED) is 0.149. The van der Waals surface area contributed by atoms with Gasteiger partial charge in [-0.05, 0) is 98.7 Å². The normalized spacial score (nSPS) is 25.6. The number of rotatable bonds is 8. The van der Waals surface area contributed by atoms with Crippen LogP contribution < -0.4 is 10.1 Å². The van der Waals surface area contributed by atoms with Gasteiger partial charge in [0.1, 0.15) is 30.3 Å². The van der Waals surface area contributed by atoms with Gasteiger partial charge in [0.25, 0.3) is 11.8 Å². The molecule has 3 aromatic rings. The number of nitrogens with one attached hydrogen (secondary N) is 1. The van der Waals surface area contributed by atoms with Crippen molar-refractivity contribution in [1.29, 1.82) is 5.26 Å². The molecule has 3 fully saturated rings. The lowest BCUT2D eigenvalue weighted by Crippen LogP contribution is -2.74. The minimum atomic E-state index is -0.974. The lowest BCUT2D eigenvalue weighted by atomic mass is 9.49. The molecule has 0 bridgehead atoms. The van der Waals surface area contributed by atoms with E-state index in [2.05, 4.69) is 73.8 Å². The standard InChI is InChI=1S/C48H50ClN5O6/c1-47(2)45(48(3,4)46(47)60-36-15-12-31(24-50)39(49)23-36)52(5)25-33-20-29(8-11-32(33)27-55)7-6-28-9-13-35(14-10-28)53-19-18-30-21-37-38(22-34(30)26-53)44(59)54(43(37)58)40-16-17-41(56)51-42(40)57/h8,11-12,15,20-23,27-28,35,40,45-46H,9-10,13-14,16-19,25-26H2,1-5H3,(H,51,56,57)/t28?,35?,40?,45-,46-. The highest BCUT2D eigenvalue weighted by molar-refractivity contribution is 6.31. The van der Waals surface area contributed by atoms with E-state index in [-0.39, 0.29) is 41.7 Å². The molecule has 11 nitrogen and oxygen atoms in total. The zero-order valence-corrected chi connectivity index (χ0v) is 35.5. The topological polar surface area (TPSA) is 140 Å². The second-order valence-corrected chi connectivity index (χ2v) is 18.8. The summed E-state index contributed by atoms with van der Waals surface area (Å²) in [6.45, 7) is 10.9. The molecule has 1 N–H and O–H groups in total. The third kappa shape index (κ3) is 7.42. The first-order valence-corrected chi connectivity index (χ1v) is 21.3. The van der Waals surface area contributed by atoms with Crippen LogP contribution in [-0.4, -0.2) is 82.4 Å². The summed E-state index contributed by atoms with van der Waals surface area (Å²) in [7, 11) is 2.10. The number of hydrogen-bond donors (Lipinski definition) is 1. The minimum Gasteiger partial charge on any atom is -0.489 e. The predicted molar refractivity (Wildman–Crippen MR) is 225 cm³/mol. The molecular formula is C48H50ClN5O6. The summed E-state index contributed by atoms with van der Waals surface area (Å²) in [6, 6.07) is 16.4. The van der Waals surface area contributed by atoms with Gasteiger partial charge < -0.3 is 4.74 Å². The van der Waals surface area contributed by atoms with Crippen molar-refractivity contribution in [3.05, 3.63) is 98.1 Å². The van der Waals surface area contributed by atoms with Crippen LogP contribution in [0.25, 0.3) is 0 Å². The van der Waals surface area contributed by atoms with Gasteiger partial charge in [-0.1, -0.05) is 57.2 Å². The van der Waals surface area contributed by atoms with Crippen molar-refractivity contribution in [2.75, 3.05) is 13.6 Å². The first-order valence-electron chi connectivity index (χ1n) is 20.9. The molecule has 12 heteroatoms. The molecule has 2 aliphatic carbocycles. The number of hydrogen-bond acceptors (Lipinski definition) is 9. The third-order valence-corrected chi connectivity index (χ3v) is 14.0. The highest BCUT2D eigenvalue weighted by Crippen LogP contribution is 2.58. The first kappa shape index (κ1) is 41.4.